The zero-order valence-electron chi connectivity index (χ0n) is 19.2. The van der Waals surface area contributed by atoms with Gasteiger partial charge in [0.05, 0.1) is 17.9 Å². The van der Waals surface area contributed by atoms with Gasteiger partial charge in [-0.3, -0.25) is 14.3 Å². The number of allylic oxidation sites excluding steroid dienone is 1. The monoisotopic (exact) mass is 497 g/mol. The lowest BCUT2D eigenvalue weighted by molar-refractivity contribution is -0.113. The van der Waals surface area contributed by atoms with Gasteiger partial charge >= 0.3 is 5.97 Å². The van der Waals surface area contributed by atoms with Crippen molar-refractivity contribution < 1.29 is 14.3 Å². The molecule has 0 fully saturated rings. The molecule has 10 heteroatoms. The van der Waals surface area contributed by atoms with Crippen LogP contribution < -0.4 is 5.32 Å². The average Bonchev–Trinajstić information content (AvgIpc) is 3.39. The molecule has 3 aromatic rings. The highest BCUT2D eigenvalue weighted by atomic mass is 32.2. The van der Waals surface area contributed by atoms with Crippen molar-refractivity contribution in [3.8, 4) is 11.5 Å². The number of aromatic nitrogens is 4. The van der Waals surface area contributed by atoms with Crippen molar-refractivity contribution in [2.75, 3.05) is 17.7 Å². The first-order valence-electron chi connectivity index (χ1n) is 11.2. The minimum atomic E-state index is -0.372. The van der Waals surface area contributed by atoms with Crippen LogP contribution in [-0.4, -0.2) is 44.0 Å². The average molecular weight is 498 g/mol. The summed E-state index contributed by atoms with van der Waals surface area (Å²) < 4.78 is 7.17. The Balaban J connectivity index is 1.50. The molecule has 0 aliphatic heterocycles. The topological polar surface area (TPSA) is 99.0 Å². The summed E-state index contributed by atoms with van der Waals surface area (Å²) in [5.41, 5.74) is 2.24. The SMILES string of the molecule is C=CCn1c(SCC(=O)Nc2sc3c(c2C(=O)OCC)CCC(C)C3)nnc1-c1ccccn1. The number of anilines is 1. The van der Waals surface area contributed by atoms with Crippen LogP contribution in [0.4, 0.5) is 5.00 Å². The number of nitrogens with one attached hydrogen (secondary N) is 1. The van der Waals surface area contributed by atoms with Crippen molar-refractivity contribution in [3.05, 3.63) is 53.1 Å². The lowest BCUT2D eigenvalue weighted by Gasteiger charge is -2.18. The molecule has 0 radical (unpaired) electrons. The second kappa shape index (κ2) is 11.0. The van der Waals surface area contributed by atoms with Crippen LogP contribution >= 0.6 is 23.1 Å². The van der Waals surface area contributed by atoms with Gasteiger partial charge in [0.1, 0.15) is 10.7 Å². The number of esters is 1. The van der Waals surface area contributed by atoms with E-state index in [9.17, 15) is 9.59 Å². The molecule has 34 heavy (non-hydrogen) atoms. The van der Waals surface area contributed by atoms with E-state index in [0.717, 1.165) is 29.7 Å². The highest BCUT2D eigenvalue weighted by Gasteiger charge is 2.29. The molecule has 1 aliphatic carbocycles. The number of hydrogen-bond acceptors (Lipinski definition) is 8. The molecule has 1 amide bonds. The van der Waals surface area contributed by atoms with Gasteiger partial charge in [-0.1, -0.05) is 30.8 Å². The first-order valence-corrected chi connectivity index (χ1v) is 13.0. The van der Waals surface area contributed by atoms with Gasteiger partial charge in [-0.2, -0.15) is 0 Å². The van der Waals surface area contributed by atoms with Crippen molar-refractivity contribution >= 4 is 40.0 Å². The summed E-state index contributed by atoms with van der Waals surface area (Å²) in [7, 11) is 0. The smallest absolute Gasteiger partial charge is 0.341 e. The highest BCUT2D eigenvalue weighted by molar-refractivity contribution is 7.99. The quantitative estimate of drug-likeness (QED) is 0.262. The molecule has 0 saturated heterocycles. The maximum Gasteiger partial charge on any atom is 0.341 e. The summed E-state index contributed by atoms with van der Waals surface area (Å²) in [6.45, 7) is 8.59. The summed E-state index contributed by atoms with van der Waals surface area (Å²) in [6, 6.07) is 5.59. The number of thiophene rings is 1. The molecular weight excluding hydrogens is 470 g/mol. The van der Waals surface area contributed by atoms with E-state index in [1.807, 2.05) is 22.8 Å². The Morgan fingerprint density at radius 1 is 1.38 bits per heavy atom. The van der Waals surface area contributed by atoms with Crippen molar-refractivity contribution in [1.82, 2.24) is 19.7 Å². The molecule has 3 aromatic heterocycles. The predicted octanol–water partition coefficient (Wildman–Crippen LogP) is 4.62. The molecular formula is C24H27N5O3S2. The van der Waals surface area contributed by atoms with E-state index in [2.05, 4.69) is 34.0 Å². The molecule has 1 unspecified atom stereocenters. The number of amides is 1. The fourth-order valence-electron chi connectivity index (χ4n) is 3.92. The molecule has 1 aliphatic rings. The summed E-state index contributed by atoms with van der Waals surface area (Å²) >= 11 is 2.77. The second-order valence-corrected chi connectivity index (χ2v) is 10.1. The molecule has 0 bridgehead atoms. The molecule has 178 valence electrons. The number of hydrogen-bond donors (Lipinski definition) is 1. The third kappa shape index (κ3) is 5.23. The highest BCUT2D eigenvalue weighted by Crippen LogP contribution is 2.40. The Hall–Kier alpha value is -2.98. The van der Waals surface area contributed by atoms with Crippen molar-refractivity contribution in [2.45, 2.75) is 44.8 Å². The van der Waals surface area contributed by atoms with E-state index in [-0.39, 0.29) is 17.6 Å². The standard InChI is InChI=1S/C24H27N5O3S2/c1-4-12-29-21(17-8-6-7-11-25-17)27-28-24(29)33-14-19(30)26-22-20(23(31)32-5-2)16-10-9-15(3)13-18(16)34-22/h4,6-8,11,15H,1,5,9-10,12-14H2,2-3H3,(H,26,30). The van der Waals surface area contributed by atoms with Crippen LogP contribution in [-0.2, 0) is 28.9 Å². The van der Waals surface area contributed by atoms with Crippen LogP contribution in [0.1, 0.15) is 41.1 Å². The number of nitrogens with zero attached hydrogens (tertiary/aromatic N) is 4. The van der Waals surface area contributed by atoms with E-state index in [0.29, 0.717) is 46.3 Å². The normalized spacial score (nSPS) is 14.9. The summed E-state index contributed by atoms with van der Waals surface area (Å²) in [5.74, 6) is 0.717. The number of carbonyl (C=O) groups excluding carboxylic acids is 2. The van der Waals surface area contributed by atoms with Crippen LogP contribution in [0, 0.1) is 5.92 Å². The Bertz CT molecular complexity index is 1190. The second-order valence-electron chi connectivity index (χ2n) is 8.03. The van der Waals surface area contributed by atoms with Gasteiger partial charge in [0.2, 0.25) is 5.91 Å². The molecule has 8 nitrogen and oxygen atoms in total. The zero-order chi connectivity index (χ0) is 24.1. The number of thioether (sulfide) groups is 1. The summed E-state index contributed by atoms with van der Waals surface area (Å²) in [4.78, 5) is 31.1. The maximum atomic E-state index is 12.9. The lowest BCUT2D eigenvalue weighted by atomic mass is 9.88. The van der Waals surface area contributed by atoms with E-state index in [1.54, 1.807) is 19.2 Å². The number of rotatable bonds is 9. The number of fused-ring (bicyclic) bond motifs is 1. The lowest BCUT2D eigenvalue weighted by Crippen LogP contribution is -2.18. The van der Waals surface area contributed by atoms with Crippen molar-refractivity contribution in [2.24, 2.45) is 5.92 Å². The van der Waals surface area contributed by atoms with Gasteiger partial charge in [-0.15, -0.1) is 28.1 Å². The minimum absolute atomic E-state index is 0.124. The van der Waals surface area contributed by atoms with E-state index in [1.165, 1.54) is 23.1 Å². The van der Waals surface area contributed by atoms with Gasteiger partial charge < -0.3 is 10.1 Å². The van der Waals surface area contributed by atoms with Crippen LogP contribution in [0.5, 0.6) is 0 Å². The fraction of sp³-hybridized carbons (Fsp3) is 0.375. The van der Waals surface area contributed by atoms with Gasteiger partial charge in [0, 0.05) is 17.6 Å². The van der Waals surface area contributed by atoms with Crippen LogP contribution in [0.15, 0.2) is 42.2 Å². The van der Waals surface area contributed by atoms with Crippen molar-refractivity contribution in [1.29, 1.82) is 0 Å². The summed E-state index contributed by atoms with van der Waals surface area (Å²) in [5, 5.41) is 12.6. The molecule has 1 N–H and O–H groups in total. The molecule has 0 aromatic carbocycles. The van der Waals surface area contributed by atoms with E-state index in [4.69, 9.17) is 4.74 Å². The maximum absolute atomic E-state index is 12.9. The number of ether oxygens (including phenoxy) is 1. The van der Waals surface area contributed by atoms with Gasteiger partial charge in [0.25, 0.3) is 0 Å². The third-order valence-corrected chi connectivity index (χ3v) is 7.64. The van der Waals surface area contributed by atoms with Crippen LogP contribution in [0.2, 0.25) is 0 Å². The number of pyridine rings is 1. The van der Waals surface area contributed by atoms with Gasteiger partial charge in [-0.25, -0.2) is 4.79 Å². The predicted molar refractivity (Wildman–Crippen MR) is 134 cm³/mol. The Labute approximate surface area is 206 Å². The van der Waals surface area contributed by atoms with Gasteiger partial charge in [-0.05, 0) is 49.8 Å². The fourth-order valence-corrected chi connectivity index (χ4v) is 6.09. The number of carbonyl (C=O) groups is 2. The first-order chi connectivity index (χ1) is 16.5. The largest absolute Gasteiger partial charge is 0.462 e. The summed E-state index contributed by atoms with van der Waals surface area (Å²) in [6.07, 6.45) is 6.22. The molecule has 4 rings (SSSR count). The minimum Gasteiger partial charge on any atom is -0.462 e. The Kier molecular flexibility index (Phi) is 7.79. The Morgan fingerprint density at radius 2 is 2.24 bits per heavy atom. The van der Waals surface area contributed by atoms with Gasteiger partial charge in [0.15, 0.2) is 11.0 Å². The molecule has 0 spiro atoms. The zero-order valence-corrected chi connectivity index (χ0v) is 20.9. The van der Waals surface area contributed by atoms with Crippen molar-refractivity contribution in [3.63, 3.8) is 0 Å². The third-order valence-electron chi connectivity index (χ3n) is 5.50. The van der Waals surface area contributed by atoms with E-state index >= 15 is 0 Å². The van der Waals surface area contributed by atoms with Crippen LogP contribution in [0.25, 0.3) is 11.5 Å². The Morgan fingerprint density at radius 3 is 2.97 bits per heavy atom. The molecule has 3 heterocycles. The van der Waals surface area contributed by atoms with E-state index < -0.39 is 0 Å². The first kappa shape index (κ1) is 24.2. The molecule has 0 saturated carbocycles. The molecule has 1 atom stereocenters. The van der Waals surface area contributed by atoms with Crippen LogP contribution in [0.3, 0.4) is 0 Å².